The summed E-state index contributed by atoms with van der Waals surface area (Å²) < 4.78 is 0. The molecule has 88 valence electrons. The molecule has 4 heteroatoms. The molecular formula is C14H12N4. The summed E-state index contributed by atoms with van der Waals surface area (Å²) in [5.41, 5.74) is 1.62. The first-order valence-electron chi connectivity index (χ1n) is 5.52. The predicted octanol–water partition coefficient (Wildman–Crippen LogP) is 5.03. The largest absolute Gasteiger partial charge is 0.157 e. The van der Waals surface area contributed by atoms with Gasteiger partial charge in [0.15, 0.2) is 0 Å². The van der Waals surface area contributed by atoms with Crippen LogP contribution >= 0.6 is 0 Å². The molecule has 4 nitrogen and oxygen atoms in total. The Morgan fingerprint density at radius 2 is 0.944 bits per heavy atom. The Balaban J connectivity index is 1.86. The van der Waals surface area contributed by atoms with Crippen LogP contribution in [0.3, 0.4) is 0 Å². The third-order valence-corrected chi connectivity index (χ3v) is 2.06. The van der Waals surface area contributed by atoms with Gasteiger partial charge in [0.1, 0.15) is 0 Å². The van der Waals surface area contributed by atoms with Crippen LogP contribution < -0.4 is 0 Å². The number of azo groups is 2. The molecule has 0 aliphatic carbocycles. The molecule has 0 saturated carbocycles. The van der Waals surface area contributed by atoms with E-state index >= 15 is 0 Å². The van der Waals surface area contributed by atoms with Crippen molar-refractivity contribution >= 4 is 11.4 Å². The van der Waals surface area contributed by atoms with Crippen LogP contribution in [0.1, 0.15) is 0 Å². The first-order chi connectivity index (χ1) is 8.95. The number of benzene rings is 2. The second-order valence-corrected chi connectivity index (χ2v) is 3.40. The van der Waals surface area contributed by atoms with Crippen molar-refractivity contribution in [1.29, 1.82) is 0 Å². The Hall–Kier alpha value is -2.62. The van der Waals surface area contributed by atoms with E-state index in [1.54, 1.807) is 0 Å². The van der Waals surface area contributed by atoms with E-state index in [4.69, 9.17) is 0 Å². The molecule has 0 saturated heterocycles. The molecule has 0 amide bonds. The van der Waals surface area contributed by atoms with Crippen molar-refractivity contribution in [2.45, 2.75) is 0 Å². The van der Waals surface area contributed by atoms with Gasteiger partial charge in [0, 0.05) is 0 Å². The Labute approximate surface area is 105 Å². The van der Waals surface area contributed by atoms with Gasteiger partial charge in [0.25, 0.3) is 0 Å². The third-order valence-electron chi connectivity index (χ3n) is 2.06. The summed E-state index contributed by atoms with van der Waals surface area (Å²) in [6.45, 7) is 0. The molecule has 0 radical (unpaired) electrons. The van der Waals surface area contributed by atoms with Gasteiger partial charge in [-0.2, -0.15) is 20.5 Å². The lowest BCUT2D eigenvalue weighted by Crippen LogP contribution is -1.60. The molecule has 0 aromatic heterocycles. The third kappa shape index (κ3) is 4.09. The molecule has 0 aliphatic heterocycles. The van der Waals surface area contributed by atoms with Crippen LogP contribution in [0.25, 0.3) is 0 Å². The molecule has 0 aliphatic rings. The zero-order valence-electron chi connectivity index (χ0n) is 9.72. The minimum atomic E-state index is 0.808. The van der Waals surface area contributed by atoms with Gasteiger partial charge < -0.3 is 0 Å². The Morgan fingerprint density at radius 1 is 0.556 bits per heavy atom. The van der Waals surface area contributed by atoms with Crippen LogP contribution in [-0.2, 0) is 0 Å². The van der Waals surface area contributed by atoms with E-state index in [-0.39, 0.29) is 0 Å². The highest BCUT2D eigenvalue weighted by atomic mass is 15.1. The van der Waals surface area contributed by atoms with Gasteiger partial charge in [-0.05, 0) is 24.3 Å². The molecule has 0 spiro atoms. The van der Waals surface area contributed by atoms with Crippen LogP contribution in [0.5, 0.6) is 0 Å². The van der Waals surface area contributed by atoms with Crippen LogP contribution in [-0.4, -0.2) is 0 Å². The van der Waals surface area contributed by atoms with E-state index in [0.29, 0.717) is 0 Å². The molecule has 0 bridgehead atoms. The number of rotatable bonds is 4. The van der Waals surface area contributed by atoms with Crippen molar-refractivity contribution in [3.8, 4) is 0 Å². The lowest BCUT2D eigenvalue weighted by Gasteiger charge is -1.87. The van der Waals surface area contributed by atoms with Crippen LogP contribution in [0.2, 0.25) is 0 Å². The Kier molecular flexibility index (Phi) is 4.51. The van der Waals surface area contributed by atoms with Gasteiger partial charge >= 0.3 is 0 Å². The fourth-order valence-electron chi connectivity index (χ4n) is 1.25. The average molecular weight is 236 g/mol. The first-order valence-corrected chi connectivity index (χ1v) is 5.52. The highest BCUT2D eigenvalue weighted by molar-refractivity contribution is 5.35. The fraction of sp³-hybridized carbons (Fsp3) is 0. The smallest absolute Gasteiger partial charge is 0.0856 e. The summed E-state index contributed by atoms with van der Waals surface area (Å²) in [5.74, 6) is 0. The summed E-state index contributed by atoms with van der Waals surface area (Å²) >= 11 is 0. The molecule has 0 heterocycles. The van der Waals surface area contributed by atoms with Crippen molar-refractivity contribution in [3.05, 3.63) is 73.1 Å². The van der Waals surface area contributed by atoms with Gasteiger partial charge in [0.2, 0.25) is 0 Å². The summed E-state index contributed by atoms with van der Waals surface area (Å²) in [5, 5.41) is 15.7. The monoisotopic (exact) mass is 236 g/mol. The van der Waals surface area contributed by atoms with E-state index in [9.17, 15) is 0 Å². The van der Waals surface area contributed by atoms with Crippen LogP contribution in [0.15, 0.2) is 93.5 Å². The zero-order valence-corrected chi connectivity index (χ0v) is 9.72. The predicted molar refractivity (Wildman–Crippen MR) is 71.1 cm³/mol. The average Bonchev–Trinajstić information content (AvgIpc) is 2.45. The van der Waals surface area contributed by atoms with E-state index < -0.39 is 0 Å². The quantitative estimate of drug-likeness (QED) is 0.669. The van der Waals surface area contributed by atoms with Crippen molar-refractivity contribution in [2.75, 3.05) is 0 Å². The van der Waals surface area contributed by atoms with Gasteiger partial charge in [-0.3, -0.25) is 0 Å². The Bertz CT molecular complexity index is 493. The highest BCUT2D eigenvalue weighted by Crippen LogP contribution is 2.11. The molecule has 0 fully saturated rings. The standard InChI is InChI=1S/C14H12N4/c1-3-7-13(8-4-1)17-15-11-12-16-18-14-9-5-2-6-10-14/h1-12H/b12-11-,17-15?,18-16?. The van der Waals surface area contributed by atoms with Crippen LogP contribution in [0.4, 0.5) is 11.4 Å². The van der Waals surface area contributed by atoms with Crippen molar-refractivity contribution in [2.24, 2.45) is 20.5 Å². The van der Waals surface area contributed by atoms with E-state index in [0.717, 1.165) is 11.4 Å². The lowest BCUT2D eigenvalue weighted by atomic mass is 10.3. The summed E-state index contributed by atoms with van der Waals surface area (Å²) in [6.07, 6.45) is 3.00. The van der Waals surface area contributed by atoms with Gasteiger partial charge in [0.05, 0.1) is 23.8 Å². The van der Waals surface area contributed by atoms with Gasteiger partial charge in [-0.15, -0.1) is 0 Å². The van der Waals surface area contributed by atoms with Crippen LogP contribution in [0, 0.1) is 0 Å². The number of hydrogen-bond donors (Lipinski definition) is 0. The maximum absolute atomic E-state index is 3.99. The summed E-state index contributed by atoms with van der Waals surface area (Å²) in [6, 6.07) is 19.0. The van der Waals surface area contributed by atoms with E-state index in [1.807, 2.05) is 60.7 Å². The van der Waals surface area contributed by atoms with E-state index in [2.05, 4.69) is 20.5 Å². The molecule has 2 rings (SSSR count). The van der Waals surface area contributed by atoms with Gasteiger partial charge in [-0.25, -0.2) is 0 Å². The molecule has 2 aromatic carbocycles. The molecule has 0 atom stereocenters. The molecule has 18 heavy (non-hydrogen) atoms. The minimum Gasteiger partial charge on any atom is -0.157 e. The van der Waals surface area contributed by atoms with Gasteiger partial charge in [-0.1, -0.05) is 36.4 Å². The second kappa shape index (κ2) is 6.85. The maximum atomic E-state index is 3.99. The zero-order chi connectivity index (χ0) is 12.5. The maximum Gasteiger partial charge on any atom is 0.0856 e. The minimum absolute atomic E-state index is 0.808. The highest BCUT2D eigenvalue weighted by Gasteiger charge is 1.83. The van der Waals surface area contributed by atoms with Crippen molar-refractivity contribution < 1.29 is 0 Å². The first kappa shape index (κ1) is 11.9. The second-order valence-electron chi connectivity index (χ2n) is 3.40. The molecule has 0 N–H and O–H groups in total. The molecular weight excluding hydrogens is 224 g/mol. The lowest BCUT2D eigenvalue weighted by molar-refractivity contribution is 1.18. The molecule has 2 aromatic rings. The summed E-state index contributed by atoms with van der Waals surface area (Å²) in [4.78, 5) is 0. The topological polar surface area (TPSA) is 49.4 Å². The van der Waals surface area contributed by atoms with E-state index in [1.165, 1.54) is 12.4 Å². The van der Waals surface area contributed by atoms with Crippen molar-refractivity contribution in [3.63, 3.8) is 0 Å². The normalized spacial score (nSPS) is 11.8. The summed E-state index contributed by atoms with van der Waals surface area (Å²) in [7, 11) is 0. The SMILES string of the molecule is C(=C/N=Nc1ccccc1)/N=Nc1ccccc1. The number of nitrogens with zero attached hydrogens (tertiary/aromatic N) is 4. The fourth-order valence-corrected chi connectivity index (χ4v) is 1.25. The molecule has 0 unspecified atom stereocenters. The Morgan fingerprint density at radius 3 is 1.33 bits per heavy atom. The number of hydrogen-bond acceptors (Lipinski definition) is 4. The van der Waals surface area contributed by atoms with Crippen molar-refractivity contribution in [1.82, 2.24) is 0 Å².